The van der Waals surface area contributed by atoms with Gasteiger partial charge in [-0.2, -0.15) is 0 Å². The van der Waals surface area contributed by atoms with Crippen molar-refractivity contribution in [1.29, 1.82) is 0 Å². The zero-order valence-electron chi connectivity index (χ0n) is 12.2. The highest BCUT2D eigenvalue weighted by Gasteiger charge is 2.19. The SMILES string of the molecule is Cc1cc(Cl)ccc1OCc1cccc(CNC2CC2)c1. The fraction of sp³-hybridized carbons (Fsp3) is 0.333. The van der Waals surface area contributed by atoms with Crippen molar-refractivity contribution in [1.82, 2.24) is 5.32 Å². The van der Waals surface area contributed by atoms with Crippen molar-refractivity contribution < 1.29 is 4.74 Å². The summed E-state index contributed by atoms with van der Waals surface area (Å²) < 4.78 is 5.89. The molecule has 0 radical (unpaired) electrons. The second-order valence-corrected chi connectivity index (χ2v) is 6.11. The summed E-state index contributed by atoms with van der Waals surface area (Å²) in [4.78, 5) is 0. The Morgan fingerprint density at radius 2 is 1.95 bits per heavy atom. The van der Waals surface area contributed by atoms with E-state index in [1.807, 2.05) is 25.1 Å². The Balaban J connectivity index is 1.60. The van der Waals surface area contributed by atoms with E-state index in [0.717, 1.165) is 28.9 Å². The number of hydrogen-bond acceptors (Lipinski definition) is 2. The quantitative estimate of drug-likeness (QED) is 0.849. The summed E-state index contributed by atoms with van der Waals surface area (Å²) in [6.07, 6.45) is 2.64. The lowest BCUT2D eigenvalue weighted by molar-refractivity contribution is 0.304. The monoisotopic (exact) mass is 301 g/mol. The van der Waals surface area contributed by atoms with E-state index in [9.17, 15) is 0 Å². The Kier molecular flexibility index (Phi) is 4.47. The largest absolute Gasteiger partial charge is 0.489 e. The highest BCUT2D eigenvalue weighted by molar-refractivity contribution is 6.30. The van der Waals surface area contributed by atoms with E-state index in [1.54, 1.807) is 0 Å². The predicted molar refractivity (Wildman–Crippen MR) is 86.8 cm³/mol. The molecule has 3 heteroatoms. The van der Waals surface area contributed by atoms with Crippen molar-refractivity contribution in [3.05, 3.63) is 64.2 Å². The van der Waals surface area contributed by atoms with Gasteiger partial charge in [0.15, 0.2) is 0 Å². The Morgan fingerprint density at radius 3 is 2.71 bits per heavy atom. The van der Waals surface area contributed by atoms with E-state index in [2.05, 4.69) is 29.6 Å². The third-order valence-electron chi connectivity index (χ3n) is 3.69. The molecule has 1 saturated carbocycles. The molecule has 1 fully saturated rings. The summed E-state index contributed by atoms with van der Waals surface area (Å²) >= 11 is 5.96. The zero-order chi connectivity index (χ0) is 14.7. The number of aryl methyl sites for hydroxylation is 1. The van der Waals surface area contributed by atoms with Gasteiger partial charge in [0.2, 0.25) is 0 Å². The lowest BCUT2D eigenvalue weighted by Gasteiger charge is -2.10. The minimum Gasteiger partial charge on any atom is -0.489 e. The van der Waals surface area contributed by atoms with Gasteiger partial charge < -0.3 is 10.1 Å². The van der Waals surface area contributed by atoms with Gasteiger partial charge in [-0.05, 0) is 54.7 Å². The van der Waals surface area contributed by atoms with Gasteiger partial charge in [-0.1, -0.05) is 35.9 Å². The first-order valence-corrected chi connectivity index (χ1v) is 7.78. The molecular weight excluding hydrogens is 282 g/mol. The molecule has 3 rings (SSSR count). The molecule has 2 aromatic rings. The first-order valence-electron chi connectivity index (χ1n) is 7.41. The maximum absolute atomic E-state index is 5.96. The maximum atomic E-state index is 5.96. The van der Waals surface area contributed by atoms with Crippen LogP contribution < -0.4 is 10.1 Å². The van der Waals surface area contributed by atoms with Crippen LogP contribution in [0.15, 0.2) is 42.5 Å². The summed E-state index contributed by atoms with van der Waals surface area (Å²) in [5, 5.41) is 4.28. The van der Waals surface area contributed by atoms with Gasteiger partial charge in [0.05, 0.1) is 0 Å². The fourth-order valence-electron chi connectivity index (χ4n) is 2.31. The van der Waals surface area contributed by atoms with E-state index in [0.29, 0.717) is 6.61 Å². The molecule has 0 heterocycles. The van der Waals surface area contributed by atoms with Crippen LogP contribution in [0.1, 0.15) is 29.5 Å². The van der Waals surface area contributed by atoms with Gasteiger partial charge in [0.25, 0.3) is 0 Å². The van der Waals surface area contributed by atoms with Crippen molar-refractivity contribution >= 4 is 11.6 Å². The second kappa shape index (κ2) is 6.50. The minimum atomic E-state index is 0.583. The van der Waals surface area contributed by atoms with E-state index in [4.69, 9.17) is 16.3 Å². The standard InChI is InChI=1S/C18H20ClNO/c1-13-9-16(19)5-8-18(13)21-12-15-4-2-3-14(10-15)11-20-17-6-7-17/h2-5,8-10,17,20H,6-7,11-12H2,1H3. The average Bonchev–Trinajstić information content (AvgIpc) is 3.29. The van der Waals surface area contributed by atoms with Crippen LogP contribution in [0.5, 0.6) is 5.75 Å². The van der Waals surface area contributed by atoms with E-state index < -0.39 is 0 Å². The number of benzene rings is 2. The lowest BCUT2D eigenvalue weighted by Crippen LogP contribution is -2.15. The Bertz CT molecular complexity index is 622. The van der Waals surface area contributed by atoms with Crippen LogP contribution in [0, 0.1) is 6.92 Å². The minimum absolute atomic E-state index is 0.583. The van der Waals surface area contributed by atoms with Crippen molar-refractivity contribution in [3.8, 4) is 5.75 Å². The van der Waals surface area contributed by atoms with E-state index in [-0.39, 0.29) is 0 Å². The molecule has 0 atom stereocenters. The Hall–Kier alpha value is -1.51. The highest BCUT2D eigenvalue weighted by atomic mass is 35.5. The van der Waals surface area contributed by atoms with Gasteiger partial charge in [0.1, 0.15) is 12.4 Å². The van der Waals surface area contributed by atoms with Crippen molar-refractivity contribution in [2.24, 2.45) is 0 Å². The molecule has 0 saturated heterocycles. The van der Waals surface area contributed by atoms with Crippen molar-refractivity contribution in [2.45, 2.75) is 39.0 Å². The average molecular weight is 302 g/mol. The molecule has 110 valence electrons. The van der Waals surface area contributed by atoms with Gasteiger partial charge in [-0.15, -0.1) is 0 Å². The molecule has 21 heavy (non-hydrogen) atoms. The molecule has 1 N–H and O–H groups in total. The molecule has 1 aliphatic rings. The Labute approximate surface area is 131 Å². The first kappa shape index (κ1) is 14.4. The van der Waals surface area contributed by atoms with Crippen LogP contribution in [-0.2, 0) is 13.2 Å². The van der Waals surface area contributed by atoms with Crippen LogP contribution in [-0.4, -0.2) is 6.04 Å². The maximum Gasteiger partial charge on any atom is 0.122 e. The molecule has 0 bridgehead atoms. The van der Waals surface area contributed by atoms with Gasteiger partial charge in [-0.3, -0.25) is 0 Å². The van der Waals surface area contributed by atoms with Crippen molar-refractivity contribution in [3.63, 3.8) is 0 Å². The number of hydrogen-bond donors (Lipinski definition) is 1. The molecule has 0 aliphatic heterocycles. The molecular formula is C18H20ClNO. The summed E-state index contributed by atoms with van der Waals surface area (Å²) in [7, 11) is 0. The molecule has 1 aliphatic carbocycles. The number of rotatable bonds is 6. The summed E-state index contributed by atoms with van der Waals surface area (Å²) in [5.41, 5.74) is 3.57. The first-order chi connectivity index (χ1) is 10.2. The van der Waals surface area contributed by atoms with Gasteiger partial charge >= 0.3 is 0 Å². The van der Waals surface area contributed by atoms with Crippen LogP contribution in [0.2, 0.25) is 5.02 Å². The van der Waals surface area contributed by atoms with Crippen LogP contribution in [0.3, 0.4) is 0 Å². The van der Waals surface area contributed by atoms with Crippen LogP contribution in [0.25, 0.3) is 0 Å². The fourth-order valence-corrected chi connectivity index (χ4v) is 2.54. The molecule has 2 aromatic carbocycles. The number of halogens is 1. The number of ether oxygens (including phenoxy) is 1. The third-order valence-corrected chi connectivity index (χ3v) is 3.93. The molecule has 0 aromatic heterocycles. The van der Waals surface area contributed by atoms with Crippen molar-refractivity contribution in [2.75, 3.05) is 0 Å². The molecule has 2 nitrogen and oxygen atoms in total. The Morgan fingerprint density at radius 1 is 1.14 bits per heavy atom. The van der Waals surface area contributed by atoms with Gasteiger partial charge in [0, 0.05) is 17.6 Å². The molecule has 0 spiro atoms. The second-order valence-electron chi connectivity index (χ2n) is 5.67. The lowest BCUT2D eigenvalue weighted by atomic mass is 10.1. The summed E-state index contributed by atoms with van der Waals surface area (Å²) in [5.74, 6) is 0.890. The zero-order valence-corrected chi connectivity index (χ0v) is 13.0. The van der Waals surface area contributed by atoms with Gasteiger partial charge in [-0.25, -0.2) is 0 Å². The van der Waals surface area contributed by atoms with E-state index in [1.165, 1.54) is 24.0 Å². The van der Waals surface area contributed by atoms with E-state index >= 15 is 0 Å². The predicted octanol–water partition coefficient (Wildman–Crippen LogP) is 4.48. The van der Waals surface area contributed by atoms with Crippen LogP contribution in [0.4, 0.5) is 0 Å². The molecule has 0 unspecified atom stereocenters. The normalized spacial score (nSPS) is 14.2. The summed E-state index contributed by atoms with van der Waals surface area (Å²) in [6, 6.07) is 15.0. The highest BCUT2D eigenvalue weighted by Crippen LogP contribution is 2.23. The summed E-state index contributed by atoms with van der Waals surface area (Å²) in [6.45, 7) is 3.54. The number of nitrogens with one attached hydrogen (secondary N) is 1. The molecule has 0 amide bonds. The topological polar surface area (TPSA) is 21.3 Å². The smallest absolute Gasteiger partial charge is 0.122 e. The van der Waals surface area contributed by atoms with Crippen LogP contribution >= 0.6 is 11.6 Å². The third kappa shape index (κ3) is 4.23.